The number of halogens is 1. The lowest BCUT2D eigenvalue weighted by Crippen LogP contribution is -2.33. The lowest BCUT2D eigenvalue weighted by Gasteiger charge is -2.22. The molecule has 0 saturated carbocycles. The van der Waals surface area contributed by atoms with Crippen molar-refractivity contribution in [1.29, 1.82) is 0 Å². The summed E-state index contributed by atoms with van der Waals surface area (Å²) in [6.07, 6.45) is 3.94. The quantitative estimate of drug-likeness (QED) is 0.814. The van der Waals surface area contributed by atoms with Crippen LogP contribution in [-0.4, -0.2) is 32.1 Å². The molecule has 1 unspecified atom stereocenters. The van der Waals surface area contributed by atoms with E-state index in [9.17, 15) is 4.79 Å². The van der Waals surface area contributed by atoms with Gasteiger partial charge in [0.05, 0.1) is 13.0 Å². The van der Waals surface area contributed by atoms with Crippen LogP contribution in [0.5, 0.6) is 5.75 Å². The Morgan fingerprint density at radius 2 is 2.19 bits per heavy atom. The van der Waals surface area contributed by atoms with E-state index in [1.54, 1.807) is 24.3 Å². The number of hydrogen-bond donors (Lipinski definition) is 2. The number of amides is 1. The number of rotatable bonds is 7. The first-order valence-corrected chi connectivity index (χ1v) is 7.97. The first-order chi connectivity index (χ1) is 10.2. The fourth-order valence-corrected chi connectivity index (χ4v) is 2.59. The van der Waals surface area contributed by atoms with Gasteiger partial charge in [0, 0.05) is 11.6 Å². The number of benzene rings is 1. The van der Waals surface area contributed by atoms with Crippen LogP contribution in [0, 0.1) is 5.92 Å². The molecule has 1 heterocycles. The van der Waals surface area contributed by atoms with Crippen molar-refractivity contribution < 1.29 is 9.53 Å². The molecule has 4 nitrogen and oxygen atoms in total. The number of carbonyl (C=O) groups excluding carboxylic acids is 1. The first-order valence-electron chi connectivity index (χ1n) is 7.60. The molecule has 1 aromatic carbocycles. The molecule has 1 saturated heterocycles. The van der Waals surface area contributed by atoms with E-state index >= 15 is 0 Å². The zero-order chi connectivity index (χ0) is 14.9. The van der Waals surface area contributed by atoms with Crippen molar-refractivity contribution in [2.45, 2.75) is 25.7 Å². The molecule has 1 aromatic rings. The van der Waals surface area contributed by atoms with Gasteiger partial charge < -0.3 is 15.4 Å². The highest BCUT2D eigenvalue weighted by Gasteiger charge is 2.12. The monoisotopic (exact) mass is 310 g/mol. The molecule has 5 heteroatoms. The topological polar surface area (TPSA) is 50.4 Å². The molecule has 116 valence electrons. The van der Waals surface area contributed by atoms with Gasteiger partial charge in [0.2, 0.25) is 5.91 Å². The summed E-state index contributed by atoms with van der Waals surface area (Å²) in [5, 5.41) is 7.02. The van der Waals surface area contributed by atoms with Crippen molar-refractivity contribution in [1.82, 2.24) is 10.6 Å². The number of ether oxygens (including phenoxy) is 1. The van der Waals surface area contributed by atoms with Crippen LogP contribution in [0.3, 0.4) is 0 Å². The van der Waals surface area contributed by atoms with Crippen molar-refractivity contribution in [2.75, 3.05) is 26.2 Å². The van der Waals surface area contributed by atoms with Crippen molar-refractivity contribution in [3.63, 3.8) is 0 Å². The van der Waals surface area contributed by atoms with Crippen LogP contribution >= 0.6 is 11.6 Å². The number of carbonyl (C=O) groups is 1. The summed E-state index contributed by atoms with van der Waals surface area (Å²) in [6.45, 7) is 3.35. The Hall–Kier alpha value is -1.26. The minimum absolute atomic E-state index is 0.0488. The van der Waals surface area contributed by atoms with E-state index in [4.69, 9.17) is 16.3 Å². The Kier molecular flexibility index (Phi) is 6.83. The minimum Gasteiger partial charge on any atom is -0.493 e. The smallest absolute Gasteiger partial charge is 0.223 e. The lowest BCUT2D eigenvalue weighted by atomic mass is 9.96. The maximum Gasteiger partial charge on any atom is 0.223 e. The average Bonchev–Trinajstić information content (AvgIpc) is 2.50. The molecule has 0 aliphatic carbocycles. The third kappa shape index (κ3) is 6.36. The van der Waals surface area contributed by atoms with Crippen molar-refractivity contribution in [3.8, 4) is 5.75 Å². The van der Waals surface area contributed by atoms with Gasteiger partial charge in [0.25, 0.3) is 0 Å². The predicted octanol–water partition coefficient (Wildman–Crippen LogP) is 2.61. The van der Waals surface area contributed by atoms with Crippen LogP contribution in [0.4, 0.5) is 0 Å². The zero-order valence-electron chi connectivity index (χ0n) is 12.2. The molecule has 1 atom stereocenters. The molecule has 0 aromatic heterocycles. The van der Waals surface area contributed by atoms with Gasteiger partial charge in [-0.15, -0.1) is 0 Å². The number of hydrogen-bond acceptors (Lipinski definition) is 3. The standard InChI is InChI=1S/C16H23ClN2O2/c17-14-3-5-15(6-4-14)21-11-8-16(20)19-10-7-13-2-1-9-18-12-13/h3-6,13,18H,1-2,7-12H2,(H,19,20). The maximum absolute atomic E-state index is 11.7. The van der Waals surface area contributed by atoms with E-state index < -0.39 is 0 Å². The second-order valence-corrected chi connectivity index (χ2v) is 5.84. The van der Waals surface area contributed by atoms with Crippen LogP contribution in [0.25, 0.3) is 0 Å². The second-order valence-electron chi connectivity index (χ2n) is 5.40. The SMILES string of the molecule is O=C(CCOc1ccc(Cl)cc1)NCCC1CCCNC1. The Bertz CT molecular complexity index is 430. The van der Waals surface area contributed by atoms with Crippen LogP contribution in [0.1, 0.15) is 25.7 Å². The molecule has 2 rings (SSSR count). The average molecular weight is 311 g/mol. The van der Waals surface area contributed by atoms with Crippen LogP contribution in [0.15, 0.2) is 24.3 Å². The first kappa shape index (κ1) is 16.1. The van der Waals surface area contributed by atoms with Gasteiger partial charge in [0.15, 0.2) is 0 Å². The third-order valence-corrected chi connectivity index (χ3v) is 3.94. The van der Waals surface area contributed by atoms with E-state index in [1.807, 2.05) is 0 Å². The van der Waals surface area contributed by atoms with Crippen molar-refractivity contribution in [3.05, 3.63) is 29.3 Å². The predicted molar refractivity (Wildman–Crippen MR) is 84.8 cm³/mol. The maximum atomic E-state index is 11.7. The van der Waals surface area contributed by atoms with E-state index in [1.165, 1.54) is 12.8 Å². The Morgan fingerprint density at radius 3 is 2.90 bits per heavy atom. The molecule has 1 amide bonds. The molecular formula is C16H23ClN2O2. The summed E-state index contributed by atoms with van der Waals surface area (Å²) in [6, 6.07) is 7.15. The molecule has 21 heavy (non-hydrogen) atoms. The van der Waals surface area contributed by atoms with E-state index in [2.05, 4.69) is 10.6 Å². The Balaban J connectivity index is 1.54. The Morgan fingerprint density at radius 1 is 1.38 bits per heavy atom. The lowest BCUT2D eigenvalue weighted by molar-refractivity contribution is -0.121. The second kappa shape index (κ2) is 8.90. The number of nitrogens with one attached hydrogen (secondary N) is 2. The summed E-state index contributed by atoms with van der Waals surface area (Å²) in [4.78, 5) is 11.7. The van der Waals surface area contributed by atoms with Crippen molar-refractivity contribution >= 4 is 17.5 Å². The molecule has 1 fully saturated rings. The molecule has 1 aliphatic heterocycles. The van der Waals surface area contributed by atoms with Crippen LogP contribution in [-0.2, 0) is 4.79 Å². The largest absolute Gasteiger partial charge is 0.493 e. The van der Waals surface area contributed by atoms with Gasteiger partial charge in [-0.1, -0.05) is 11.6 Å². The summed E-state index contributed by atoms with van der Waals surface area (Å²) in [5.41, 5.74) is 0. The summed E-state index contributed by atoms with van der Waals surface area (Å²) >= 11 is 5.79. The van der Waals surface area contributed by atoms with E-state index in [0.29, 0.717) is 24.0 Å². The Labute approximate surface area is 131 Å². The molecule has 0 bridgehead atoms. The highest BCUT2D eigenvalue weighted by molar-refractivity contribution is 6.30. The van der Waals surface area contributed by atoms with E-state index in [-0.39, 0.29) is 5.91 Å². The van der Waals surface area contributed by atoms with Crippen molar-refractivity contribution in [2.24, 2.45) is 5.92 Å². The third-order valence-electron chi connectivity index (χ3n) is 3.69. The molecule has 0 spiro atoms. The van der Waals surface area contributed by atoms with E-state index in [0.717, 1.165) is 31.8 Å². The van der Waals surface area contributed by atoms with Gasteiger partial charge >= 0.3 is 0 Å². The fourth-order valence-electron chi connectivity index (χ4n) is 2.47. The molecule has 1 aliphatic rings. The van der Waals surface area contributed by atoms with Crippen LogP contribution in [0.2, 0.25) is 5.02 Å². The zero-order valence-corrected chi connectivity index (χ0v) is 13.0. The van der Waals surface area contributed by atoms with Crippen LogP contribution < -0.4 is 15.4 Å². The van der Waals surface area contributed by atoms with Gasteiger partial charge in [-0.3, -0.25) is 4.79 Å². The molecular weight excluding hydrogens is 288 g/mol. The normalized spacial score (nSPS) is 18.2. The fraction of sp³-hybridized carbons (Fsp3) is 0.562. The minimum atomic E-state index is 0.0488. The highest BCUT2D eigenvalue weighted by Crippen LogP contribution is 2.15. The summed E-state index contributed by atoms with van der Waals surface area (Å²) in [7, 11) is 0. The summed E-state index contributed by atoms with van der Waals surface area (Å²) in [5.74, 6) is 1.48. The highest BCUT2D eigenvalue weighted by atomic mass is 35.5. The molecule has 2 N–H and O–H groups in total. The van der Waals surface area contributed by atoms with Gasteiger partial charge in [0.1, 0.15) is 5.75 Å². The van der Waals surface area contributed by atoms with Gasteiger partial charge in [-0.25, -0.2) is 0 Å². The van der Waals surface area contributed by atoms with Gasteiger partial charge in [-0.05, 0) is 62.5 Å². The van der Waals surface area contributed by atoms with Gasteiger partial charge in [-0.2, -0.15) is 0 Å². The summed E-state index contributed by atoms with van der Waals surface area (Å²) < 4.78 is 5.50. The number of piperidine rings is 1. The molecule has 0 radical (unpaired) electrons.